The second-order valence-electron chi connectivity index (χ2n) is 6.78. The molecule has 0 bridgehead atoms. The molecule has 0 spiro atoms. The highest BCUT2D eigenvalue weighted by Gasteiger charge is 2.15. The SMILES string of the molecule is CCCCCC(=O)N(CCC)CCC(=O)Nc1nnc(-c2ccc(OC)cc2)s1. The van der Waals surface area contributed by atoms with Crippen LogP contribution in [0.3, 0.4) is 0 Å². The predicted molar refractivity (Wildman–Crippen MR) is 116 cm³/mol. The first-order chi connectivity index (χ1) is 14.1. The number of nitrogens with one attached hydrogen (secondary N) is 1. The summed E-state index contributed by atoms with van der Waals surface area (Å²) in [6, 6.07) is 7.51. The van der Waals surface area contributed by atoms with E-state index >= 15 is 0 Å². The van der Waals surface area contributed by atoms with E-state index in [9.17, 15) is 9.59 Å². The van der Waals surface area contributed by atoms with E-state index in [0.717, 1.165) is 42.0 Å². The van der Waals surface area contributed by atoms with Crippen molar-refractivity contribution in [3.8, 4) is 16.3 Å². The molecule has 158 valence electrons. The van der Waals surface area contributed by atoms with E-state index in [4.69, 9.17) is 4.74 Å². The highest BCUT2D eigenvalue weighted by Crippen LogP contribution is 2.27. The number of rotatable bonds is 12. The second-order valence-corrected chi connectivity index (χ2v) is 7.75. The van der Waals surface area contributed by atoms with Gasteiger partial charge < -0.3 is 15.0 Å². The van der Waals surface area contributed by atoms with Crippen LogP contribution in [0.25, 0.3) is 10.6 Å². The van der Waals surface area contributed by atoms with Crippen LogP contribution in [0.1, 0.15) is 52.4 Å². The average molecular weight is 419 g/mol. The van der Waals surface area contributed by atoms with E-state index in [0.29, 0.717) is 24.6 Å². The van der Waals surface area contributed by atoms with Crippen molar-refractivity contribution < 1.29 is 14.3 Å². The summed E-state index contributed by atoms with van der Waals surface area (Å²) in [5, 5.41) is 12.2. The van der Waals surface area contributed by atoms with Gasteiger partial charge in [0.05, 0.1) is 7.11 Å². The molecule has 0 saturated heterocycles. The summed E-state index contributed by atoms with van der Waals surface area (Å²) in [5.74, 6) is 0.739. The minimum Gasteiger partial charge on any atom is -0.497 e. The number of anilines is 1. The molecule has 0 radical (unpaired) electrons. The molecule has 2 rings (SSSR count). The number of methoxy groups -OCH3 is 1. The summed E-state index contributed by atoms with van der Waals surface area (Å²) in [5.41, 5.74) is 0.913. The molecule has 8 heteroatoms. The summed E-state index contributed by atoms with van der Waals surface area (Å²) >= 11 is 1.32. The average Bonchev–Trinajstić information content (AvgIpc) is 3.19. The Morgan fingerprint density at radius 3 is 2.45 bits per heavy atom. The molecule has 0 unspecified atom stereocenters. The third kappa shape index (κ3) is 7.45. The van der Waals surface area contributed by atoms with Crippen molar-refractivity contribution in [2.24, 2.45) is 0 Å². The Balaban J connectivity index is 1.86. The number of nitrogens with zero attached hydrogens (tertiary/aromatic N) is 3. The maximum absolute atomic E-state index is 12.3. The van der Waals surface area contributed by atoms with Gasteiger partial charge in [-0.1, -0.05) is 38.0 Å². The van der Waals surface area contributed by atoms with Crippen LogP contribution >= 0.6 is 11.3 Å². The fourth-order valence-corrected chi connectivity index (χ4v) is 3.62. The van der Waals surface area contributed by atoms with Gasteiger partial charge in [-0.05, 0) is 37.1 Å². The Morgan fingerprint density at radius 1 is 1.03 bits per heavy atom. The van der Waals surface area contributed by atoms with Crippen LogP contribution in [0.4, 0.5) is 5.13 Å². The van der Waals surface area contributed by atoms with Crippen molar-refractivity contribution in [1.82, 2.24) is 15.1 Å². The predicted octanol–water partition coefficient (Wildman–Crippen LogP) is 4.36. The lowest BCUT2D eigenvalue weighted by molar-refractivity contribution is -0.131. The lowest BCUT2D eigenvalue weighted by atomic mass is 10.2. The van der Waals surface area contributed by atoms with Crippen LogP contribution < -0.4 is 10.1 Å². The molecule has 2 amide bonds. The molecule has 0 atom stereocenters. The Labute approximate surface area is 176 Å². The Bertz CT molecular complexity index is 776. The molecule has 29 heavy (non-hydrogen) atoms. The maximum Gasteiger partial charge on any atom is 0.227 e. The number of ether oxygens (including phenoxy) is 1. The van der Waals surface area contributed by atoms with Crippen molar-refractivity contribution in [3.05, 3.63) is 24.3 Å². The Morgan fingerprint density at radius 2 is 1.79 bits per heavy atom. The fourth-order valence-electron chi connectivity index (χ4n) is 2.86. The minimum absolute atomic E-state index is 0.130. The fraction of sp³-hybridized carbons (Fsp3) is 0.524. The summed E-state index contributed by atoms with van der Waals surface area (Å²) in [6.07, 6.45) is 4.72. The van der Waals surface area contributed by atoms with Gasteiger partial charge in [-0.3, -0.25) is 9.59 Å². The zero-order valence-electron chi connectivity index (χ0n) is 17.4. The highest BCUT2D eigenvalue weighted by atomic mass is 32.1. The number of aromatic nitrogens is 2. The molecule has 1 aromatic carbocycles. The number of unbranched alkanes of at least 4 members (excludes halogenated alkanes) is 2. The van der Waals surface area contributed by atoms with E-state index in [-0.39, 0.29) is 18.2 Å². The third-order valence-corrected chi connectivity index (χ3v) is 5.35. The molecule has 0 aliphatic carbocycles. The lowest BCUT2D eigenvalue weighted by Gasteiger charge is -2.21. The lowest BCUT2D eigenvalue weighted by Crippen LogP contribution is -2.34. The van der Waals surface area contributed by atoms with Crippen molar-refractivity contribution in [1.29, 1.82) is 0 Å². The van der Waals surface area contributed by atoms with Crippen molar-refractivity contribution >= 4 is 28.3 Å². The number of carbonyl (C=O) groups is 2. The number of benzene rings is 1. The smallest absolute Gasteiger partial charge is 0.227 e. The topological polar surface area (TPSA) is 84.4 Å². The first kappa shape index (κ1) is 22.8. The first-order valence-corrected chi connectivity index (χ1v) is 10.9. The molecule has 0 saturated carbocycles. The molecule has 0 fully saturated rings. The van der Waals surface area contributed by atoms with Gasteiger partial charge in [-0.15, -0.1) is 10.2 Å². The van der Waals surface area contributed by atoms with Crippen LogP contribution in [-0.2, 0) is 9.59 Å². The van der Waals surface area contributed by atoms with Gasteiger partial charge in [-0.25, -0.2) is 0 Å². The molecule has 1 N–H and O–H groups in total. The van der Waals surface area contributed by atoms with Crippen LogP contribution in [0.2, 0.25) is 0 Å². The standard InChI is InChI=1S/C21H30N4O3S/c1-4-6-7-8-19(27)25(14-5-2)15-13-18(26)22-21-24-23-20(29-21)16-9-11-17(28-3)12-10-16/h9-12H,4-8,13-15H2,1-3H3,(H,22,24,26). The zero-order valence-corrected chi connectivity index (χ0v) is 18.3. The van der Waals surface area contributed by atoms with E-state index in [1.165, 1.54) is 11.3 Å². The van der Waals surface area contributed by atoms with Crippen molar-refractivity contribution in [2.75, 3.05) is 25.5 Å². The monoisotopic (exact) mass is 418 g/mol. The normalized spacial score (nSPS) is 10.6. The van der Waals surface area contributed by atoms with E-state index in [1.807, 2.05) is 31.2 Å². The highest BCUT2D eigenvalue weighted by molar-refractivity contribution is 7.18. The number of hydrogen-bond acceptors (Lipinski definition) is 6. The second kappa shape index (κ2) is 12.2. The van der Waals surface area contributed by atoms with Crippen LogP contribution in [0.5, 0.6) is 5.75 Å². The van der Waals surface area contributed by atoms with Crippen LogP contribution in [-0.4, -0.2) is 47.1 Å². The van der Waals surface area contributed by atoms with Gasteiger partial charge in [0.15, 0.2) is 0 Å². The van der Waals surface area contributed by atoms with Crippen LogP contribution in [0.15, 0.2) is 24.3 Å². The summed E-state index contributed by atoms with van der Waals surface area (Å²) in [6.45, 7) is 5.26. The quantitative estimate of drug-likeness (QED) is 0.518. The molecule has 0 aliphatic rings. The van der Waals surface area contributed by atoms with Crippen molar-refractivity contribution in [2.45, 2.75) is 52.4 Å². The molecular formula is C21H30N4O3S. The van der Waals surface area contributed by atoms with E-state index in [1.54, 1.807) is 12.0 Å². The minimum atomic E-state index is -0.162. The molecule has 1 aromatic heterocycles. The van der Waals surface area contributed by atoms with Gasteiger partial charge in [-0.2, -0.15) is 0 Å². The number of amides is 2. The number of hydrogen-bond donors (Lipinski definition) is 1. The Kier molecular flexibility index (Phi) is 9.56. The van der Waals surface area contributed by atoms with Crippen LogP contribution in [0, 0.1) is 0 Å². The Hall–Kier alpha value is -2.48. The third-order valence-electron chi connectivity index (χ3n) is 4.46. The molecule has 0 aliphatic heterocycles. The van der Waals surface area contributed by atoms with E-state index < -0.39 is 0 Å². The summed E-state index contributed by atoms with van der Waals surface area (Å²) in [4.78, 5) is 26.4. The molecule has 1 heterocycles. The summed E-state index contributed by atoms with van der Waals surface area (Å²) < 4.78 is 5.15. The molecular weight excluding hydrogens is 388 g/mol. The van der Waals surface area contributed by atoms with Gasteiger partial charge in [0, 0.05) is 31.5 Å². The van der Waals surface area contributed by atoms with Crippen molar-refractivity contribution in [3.63, 3.8) is 0 Å². The number of carbonyl (C=O) groups excluding carboxylic acids is 2. The maximum atomic E-state index is 12.3. The molecule has 2 aromatic rings. The summed E-state index contributed by atoms with van der Waals surface area (Å²) in [7, 11) is 1.62. The van der Waals surface area contributed by atoms with Gasteiger partial charge in [0.25, 0.3) is 0 Å². The molecule has 7 nitrogen and oxygen atoms in total. The van der Waals surface area contributed by atoms with Gasteiger partial charge in [0.2, 0.25) is 16.9 Å². The zero-order chi connectivity index (χ0) is 21.1. The first-order valence-electron chi connectivity index (χ1n) is 10.1. The van der Waals surface area contributed by atoms with Gasteiger partial charge in [0.1, 0.15) is 10.8 Å². The largest absolute Gasteiger partial charge is 0.497 e. The van der Waals surface area contributed by atoms with Gasteiger partial charge >= 0.3 is 0 Å². The van der Waals surface area contributed by atoms with E-state index in [2.05, 4.69) is 22.4 Å².